The first-order valence-corrected chi connectivity index (χ1v) is 6.52. The average molecular weight is 275 g/mol. The van der Waals surface area contributed by atoms with Crippen LogP contribution in [0.4, 0.5) is 18.9 Å². The summed E-state index contributed by atoms with van der Waals surface area (Å²) in [6.07, 6.45) is -2.82. The molecule has 0 saturated heterocycles. The molecule has 0 heterocycles. The smallest absolute Gasteiger partial charge is 0.425 e. The maximum Gasteiger partial charge on any atom is 0.425 e. The SMILES string of the molecule is CCCCCC[C@H](Oc1ccc(N)cc1)C(F)(F)F. The van der Waals surface area contributed by atoms with E-state index in [4.69, 9.17) is 10.5 Å². The van der Waals surface area contributed by atoms with Gasteiger partial charge in [0, 0.05) is 5.69 Å². The predicted octanol–water partition coefficient (Wildman–Crippen LogP) is 4.55. The number of ether oxygens (including phenoxy) is 1. The molecule has 1 aromatic rings. The van der Waals surface area contributed by atoms with E-state index in [0.29, 0.717) is 12.1 Å². The molecule has 0 spiro atoms. The van der Waals surface area contributed by atoms with Crippen LogP contribution in [0.15, 0.2) is 24.3 Å². The second kappa shape index (κ2) is 7.26. The summed E-state index contributed by atoms with van der Waals surface area (Å²) in [7, 11) is 0. The number of hydrogen-bond donors (Lipinski definition) is 1. The summed E-state index contributed by atoms with van der Waals surface area (Å²) in [5, 5.41) is 0. The summed E-state index contributed by atoms with van der Waals surface area (Å²) in [4.78, 5) is 0. The monoisotopic (exact) mass is 275 g/mol. The van der Waals surface area contributed by atoms with Gasteiger partial charge in [-0.1, -0.05) is 26.2 Å². The highest BCUT2D eigenvalue weighted by Crippen LogP contribution is 2.29. The van der Waals surface area contributed by atoms with E-state index in [2.05, 4.69) is 0 Å². The Balaban J connectivity index is 2.57. The summed E-state index contributed by atoms with van der Waals surface area (Å²) in [6.45, 7) is 2.02. The van der Waals surface area contributed by atoms with Gasteiger partial charge in [0.25, 0.3) is 0 Å². The van der Waals surface area contributed by atoms with Gasteiger partial charge < -0.3 is 10.5 Å². The van der Waals surface area contributed by atoms with Crippen LogP contribution in [0.3, 0.4) is 0 Å². The van der Waals surface area contributed by atoms with Crippen LogP contribution in [0, 0.1) is 0 Å². The third kappa shape index (κ3) is 5.85. The molecular weight excluding hydrogens is 255 g/mol. The van der Waals surface area contributed by atoms with Crippen LogP contribution in [-0.4, -0.2) is 12.3 Å². The fourth-order valence-corrected chi connectivity index (χ4v) is 1.76. The summed E-state index contributed by atoms with van der Waals surface area (Å²) in [5.41, 5.74) is 5.98. The Bertz CT molecular complexity index is 362. The number of benzene rings is 1. The molecule has 0 amide bonds. The van der Waals surface area contributed by atoms with Gasteiger partial charge in [-0.05, 0) is 37.1 Å². The number of unbranched alkanes of at least 4 members (excludes halogenated alkanes) is 3. The standard InChI is InChI=1S/C14H20F3NO/c1-2-3-4-5-6-13(14(15,16)17)19-12-9-7-11(18)8-10-12/h7-10,13H,2-6,18H2,1H3/t13-/m0/s1. The van der Waals surface area contributed by atoms with Crippen LogP contribution in [0.5, 0.6) is 5.75 Å². The van der Waals surface area contributed by atoms with Crippen LogP contribution in [0.2, 0.25) is 0 Å². The molecule has 0 aromatic heterocycles. The average Bonchev–Trinajstić information content (AvgIpc) is 2.34. The van der Waals surface area contributed by atoms with Gasteiger partial charge in [0.1, 0.15) is 5.75 Å². The fourth-order valence-electron chi connectivity index (χ4n) is 1.76. The summed E-state index contributed by atoms with van der Waals surface area (Å²) < 4.78 is 43.6. The minimum atomic E-state index is -4.34. The number of rotatable bonds is 7. The molecule has 0 aliphatic carbocycles. The number of hydrogen-bond acceptors (Lipinski definition) is 2. The van der Waals surface area contributed by atoms with Crippen molar-refractivity contribution in [3.63, 3.8) is 0 Å². The molecule has 1 aromatic carbocycles. The zero-order valence-electron chi connectivity index (χ0n) is 11.0. The van der Waals surface area contributed by atoms with Crippen molar-refractivity contribution in [1.82, 2.24) is 0 Å². The molecule has 0 bridgehead atoms. The Morgan fingerprint density at radius 3 is 2.26 bits per heavy atom. The Morgan fingerprint density at radius 1 is 1.11 bits per heavy atom. The molecule has 0 aliphatic heterocycles. The molecular formula is C14H20F3NO. The number of nitrogen functional groups attached to an aromatic ring is 1. The molecule has 19 heavy (non-hydrogen) atoms. The van der Waals surface area contributed by atoms with Crippen molar-refractivity contribution >= 4 is 5.69 Å². The van der Waals surface area contributed by atoms with Crippen LogP contribution >= 0.6 is 0 Å². The van der Waals surface area contributed by atoms with E-state index in [0.717, 1.165) is 19.3 Å². The maximum absolute atomic E-state index is 12.8. The first-order valence-electron chi connectivity index (χ1n) is 6.52. The number of halogens is 3. The molecule has 0 fully saturated rings. The first kappa shape index (κ1) is 15.7. The molecule has 5 heteroatoms. The second-order valence-corrected chi connectivity index (χ2v) is 4.57. The summed E-state index contributed by atoms with van der Waals surface area (Å²) in [6, 6.07) is 5.97. The first-order chi connectivity index (χ1) is 8.93. The van der Waals surface area contributed by atoms with E-state index in [1.807, 2.05) is 6.92 Å². The number of nitrogens with two attached hydrogens (primary N) is 1. The zero-order valence-corrected chi connectivity index (χ0v) is 11.0. The zero-order chi connectivity index (χ0) is 14.3. The lowest BCUT2D eigenvalue weighted by Gasteiger charge is -2.21. The van der Waals surface area contributed by atoms with Crippen LogP contribution in [0.1, 0.15) is 39.0 Å². The van der Waals surface area contributed by atoms with Crippen LogP contribution < -0.4 is 10.5 Å². The molecule has 0 radical (unpaired) electrons. The van der Waals surface area contributed by atoms with Crippen molar-refractivity contribution in [3.8, 4) is 5.75 Å². The third-order valence-corrected chi connectivity index (χ3v) is 2.84. The van der Waals surface area contributed by atoms with Gasteiger partial charge in [-0.3, -0.25) is 0 Å². The van der Waals surface area contributed by atoms with E-state index >= 15 is 0 Å². The van der Waals surface area contributed by atoms with Crippen molar-refractivity contribution in [2.75, 3.05) is 5.73 Å². The molecule has 0 unspecified atom stereocenters. The molecule has 108 valence electrons. The van der Waals surface area contributed by atoms with Gasteiger partial charge in [-0.15, -0.1) is 0 Å². The summed E-state index contributed by atoms with van der Waals surface area (Å²) in [5.74, 6) is 0.201. The van der Waals surface area contributed by atoms with Gasteiger partial charge in [0.15, 0.2) is 6.10 Å². The maximum atomic E-state index is 12.8. The van der Waals surface area contributed by atoms with Gasteiger partial charge in [0.2, 0.25) is 0 Å². The third-order valence-electron chi connectivity index (χ3n) is 2.84. The van der Waals surface area contributed by atoms with Crippen molar-refractivity contribution in [3.05, 3.63) is 24.3 Å². The lowest BCUT2D eigenvalue weighted by Crippen LogP contribution is -2.34. The van der Waals surface area contributed by atoms with Crippen molar-refractivity contribution in [2.24, 2.45) is 0 Å². The quantitative estimate of drug-likeness (QED) is 0.585. The van der Waals surface area contributed by atoms with Crippen LogP contribution in [0.25, 0.3) is 0 Å². The van der Waals surface area contributed by atoms with Gasteiger partial charge >= 0.3 is 6.18 Å². The highest BCUT2D eigenvalue weighted by atomic mass is 19.4. The molecule has 1 atom stereocenters. The van der Waals surface area contributed by atoms with Crippen molar-refractivity contribution < 1.29 is 17.9 Å². The molecule has 0 aliphatic rings. The number of alkyl halides is 3. The predicted molar refractivity (Wildman–Crippen MR) is 70.1 cm³/mol. The van der Waals surface area contributed by atoms with E-state index in [1.165, 1.54) is 24.3 Å². The van der Waals surface area contributed by atoms with E-state index in [9.17, 15) is 13.2 Å². The van der Waals surface area contributed by atoms with E-state index in [1.54, 1.807) is 0 Å². The van der Waals surface area contributed by atoms with Gasteiger partial charge in [-0.25, -0.2) is 0 Å². The minimum Gasteiger partial charge on any atom is -0.481 e. The molecule has 2 N–H and O–H groups in total. The lowest BCUT2D eigenvalue weighted by atomic mass is 10.1. The largest absolute Gasteiger partial charge is 0.481 e. The summed E-state index contributed by atoms with van der Waals surface area (Å²) >= 11 is 0. The minimum absolute atomic E-state index is 0.00607. The molecule has 2 nitrogen and oxygen atoms in total. The lowest BCUT2D eigenvalue weighted by molar-refractivity contribution is -0.197. The highest BCUT2D eigenvalue weighted by Gasteiger charge is 2.41. The van der Waals surface area contributed by atoms with Crippen molar-refractivity contribution in [1.29, 1.82) is 0 Å². The van der Waals surface area contributed by atoms with E-state index in [-0.39, 0.29) is 12.2 Å². The van der Waals surface area contributed by atoms with E-state index < -0.39 is 12.3 Å². The Labute approximate surface area is 111 Å². The van der Waals surface area contributed by atoms with Crippen LogP contribution in [-0.2, 0) is 0 Å². The second-order valence-electron chi connectivity index (χ2n) is 4.57. The highest BCUT2D eigenvalue weighted by molar-refractivity contribution is 5.41. The normalized spacial score (nSPS) is 13.3. The topological polar surface area (TPSA) is 35.2 Å². The molecule has 1 rings (SSSR count). The Morgan fingerprint density at radius 2 is 1.74 bits per heavy atom. The fraction of sp³-hybridized carbons (Fsp3) is 0.571. The number of anilines is 1. The Hall–Kier alpha value is -1.39. The molecule has 0 saturated carbocycles. The van der Waals surface area contributed by atoms with Crippen molar-refractivity contribution in [2.45, 2.75) is 51.3 Å². The van der Waals surface area contributed by atoms with Gasteiger partial charge in [0.05, 0.1) is 0 Å². The Kier molecular flexibility index (Phi) is 5.99. The van der Waals surface area contributed by atoms with Gasteiger partial charge in [-0.2, -0.15) is 13.2 Å².